The van der Waals surface area contributed by atoms with E-state index >= 15 is 0 Å². The van der Waals surface area contributed by atoms with Gasteiger partial charge in [-0.05, 0) is 29.8 Å². The first-order chi connectivity index (χ1) is 14.1. The van der Waals surface area contributed by atoms with Crippen LogP contribution in [0.25, 0.3) is 5.69 Å². The molecule has 0 fully saturated rings. The maximum Gasteiger partial charge on any atom is 0.255 e. The lowest BCUT2D eigenvalue weighted by Crippen LogP contribution is -2.24. The van der Waals surface area contributed by atoms with Crippen LogP contribution in [-0.4, -0.2) is 35.3 Å². The molecule has 1 aliphatic heterocycles. The number of rotatable bonds is 6. The molecule has 4 rings (SSSR count). The van der Waals surface area contributed by atoms with Crippen LogP contribution in [0.5, 0.6) is 11.5 Å². The maximum atomic E-state index is 12.4. The smallest absolute Gasteiger partial charge is 0.255 e. The summed E-state index contributed by atoms with van der Waals surface area (Å²) in [6.45, 7) is -0.241. The molecular weight excluding hydrogens is 372 g/mol. The summed E-state index contributed by atoms with van der Waals surface area (Å²) in [4.78, 5) is 23.4. The minimum atomic E-state index is -0.571. The first-order valence-electron chi connectivity index (χ1n) is 9.09. The van der Waals surface area contributed by atoms with Gasteiger partial charge < -0.3 is 20.5 Å². The van der Waals surface area contributed by atoms with Crippen molar-refractivity contribution in [2.45, 2.75) is 12.3 Å². The Morgan fingerprint density at radius 1 is 1.24 bits per heavy atom. The van der Waals surface area contributed by atoms with Gasteiger partial charge in [-0.15, -0.1) is 0 Å². The first-order valence-corrected chi connectivity index (χ1v) is 9.09. The van der Waals surface area contributed by atoms with E-state index in [2.05, 4.69) is 10.4 Å². The van der Waals surface area contributed by atoms with E-state index in [1.54, 1.807) is 16.9 Å². The van der Waals surface area contributed by atoms with E-state index in [1.807, 2.05) is 42.5 Å². The third-order valence-electron chi connectivity index (χ3n) is 4.78. The number of nitrogens with one attached hydrogen (secondary N) is 1. The second-order valence-corrected chi connectivity index (χ2v) is 6.67. The molecule has 148 valence electrons. The van der Waals surface area contributed by atoms with Gasteiger partial charge in [-0.1, -0.05) is 24.3 Å². The highest BCUT2D eigenvalue weighted by atomic mass is 16.5. The quantitative estimate of drug-likeness (QED) is 0.669. The highest BCUT2D eigenvalue weighted by Crippen LogP contribution is 2.40. The summed E-state index contributed by atoms with van der Waals surface area (Å²) in [6.07, 6.45) is 2.06. The van der Waals surface area contributed by atoms with E-state index in [1.165, 1.54) is 7.11 Å². The molecule has 0 bridgehead atoms. The summed E-state index contributed by atoms with van der Waals surface area (Å²) in [6, 6.07) is 15.0. The molecule has 8 heteroatoms. The number of carbonyl (C=O) groups excluding carboxylic acids is 2. The van der Waals surface area contributed by atoms with Crippen LogP contribution in [0.15, 0.2) is 54.7 Å². The largest absolute Gasteiger partial charge is 0.493 e. The zero-order valence-corrected chi connectivity index (χ0v) is 15.8. The van der Waals surface area contributed by atoms with Gasteiger partial charge in [0.1, 0.15) is 5.82 Å². The average Bonchev–Trinajstić information content (AvgIpc) is 3.15. The third-order valence-corrected chi connectivity index (χ3v) is 4.78. The molecule has 2 amide bonds. The van der Waals surface area contributed by atoms with Crippen molar-refractivity contribution in [3.05, 3.63) is 65.9 Å². The Morgan fingerprint density at radius 2 is 2.03 bits per heavy atom. The molecular formula is C21H20N4O4. The zero-order chi connectivity index (χ0) is 20.4. The van der Waals surface area contributed by atoms with Crippen molar-refractivity contribution in [1.82, 2.24) is 9.78 Å². The lowest BCUT2D eigenvalue weighted by molar-refractivity contribution is -0.120. The Labute approximate surface area is 167 Å². The molecule has 2 aromatic carbocycles. The Morgan fingerprint density at radius 3 is 2.76 bits per heavy atom. The maximum absolute atomic E-state index is 12.4. The number of amides is 2. The van der Waals surface area contributed by atoms with Crippen molar-refractivity contribution in [3.8, 4) is 17.2 Å². The molecule has 3 aromatic rings. The summed E-state index contributed by atoms with van der Waals surface area (Å²) >= 11 is 0. The van der Waals surface area contributed by atoms with E-state index in [9.17, 15) is 9.59 Å². The number of fused-ring (bicyclic) bond motifs is 1. The fraction of sp³-hybridized carbons (Fsp3) is 0.190. The van der Waals surface area contributed by atoms with Gasteiger partial charge in [0.25, 0.3) is 5.91 Å². The molecule has 0 aliphatic carbocycles. The van der Waals surface area contributed by atoms with Crippen LogP contribution >= 0.6 is 0 Å². The molecule has 0 saturated heterocycles. The van der Waals surface area contributed by atoms with Crippen molar-refractivity contribution in [3.63, 3.8) is 0 Å². The second-order valence-electron chi connectivity index (χ2n) is 6.67. The van der Waals surface area contributed by atoms with Crippen molar-refractivity contribution < 1.29 is 19.1 Å². The number of hydrogen-bond acceptors (Lipinski definition) is 5. The SMILES string of the molecule is COc1cc([C@@H]2CC(=O)Nc3c2cnn3-c2ccccc2)ccc1OCC(N)=O. The number of benzene rings is 2. The van der Waals surface area contributed by atoms with Crippen LogP contribution in [0, 0.1) is 0 Å². The number of primary amides is 1. The summed E-state index contributed by atoms with van der Waals surface area (Å²) in [5, 5.41) is 7.42. The third kappa shape index (κ3) is 3.64. The molecule has 8 nitrogen and oxygen atoms in total. The van der Waals surface area contributed by atoms with Crippen molar-refractivity contribution >= 4 is 17.6 Å². The number of anilines is 1. The Bertz CT molecular complexity index is 1060. The summed E-state index contributed by atoms with van der Waals surface area (Å²) in [5.41, 5.74) is 7.81. The van der Waals surface area contributed by atoms with E-state index < -0.39 is 5.91 Å². The molecule has 1 aliphatic rings. The van der Waals surface area contributed by atoms with Crippen LogP contribution in [-0.2, 0) is 9.59 Å². The van der Waals surface area contributed by atoms with Gasteiger partial charge in [-0.25, -0.2) is 4.68 Å². The van der Waals surface area contributed by atoms with E-state index in [0.29, 0.717) is 17.3 Å². The average molecular weight is 392 g/mol. The lowest BCUT2D eigenvalue weighted by Gasteiger charge is -2.24. The molecule has 0 saturated carbocycles. The number of para-hydroxylation sites is 1. The predicted molar refractivity (Wildman–Crippen MR) is 106 cm³/mol. The highest BCUT2D eigenvalue weighted by molar-refractivity contribution is 5.94. The van der Waals surface area contributed by atoms with Gasteiger partial charge in [0.15, 0.2) is 18.1 Å². The van der Waals surface area contributed by atoms with Crippen LogP contribution < -0.4 is 20.5 Å². The van der Waals surface area contributed by atoms with E-state index in [4.69, 9.17) is 15.2 Å². The zero-order valence-electron chi connectivity index (χ0n) is 15.8. The predicted octanol–water partition coefficient (Wildman–Crippen LogP) is 2.22. The Balaban J connectivity index is 1.71. The van der Waals surface area contributed by atoms with Gasteiger partial charge in [-0.2, -0.15) is 5.10 Å². The van der Waals surface area contributed by atoms with Crippen molar-refractivity contribution in [2.75, 3.05) is 19.0 Å². The second kappa shape index (κ2) is 7.67. The monoisotopic (exact) mass is 392 g/mol. The number of methoxy groups -OCH3 is 1. The fourth-order valence-corrected chi connectivity index (χ4v) is 3.45. The molecule has 29 heavy (non-hydrogen) atoms. The standard InChI is InChI=1S/C21H20N4O4/c1-28-18-9-13(7-8-17(18)29-12-19(22)26)15-10-20(27)24-21-16(15)11-23-25(21)14-5-3-2-4-6-14/h2-9,11,15H,10,12H2,1H3,(H2,22,26)(H,24,27)/t15-/m0/s1. The summed E-state index contributed by atoms with van der Waals surface area (Å²) in [7, 11) is 1.52. The van der Waals surface area contributed by atoms with E-state index in [-0.39, 0.29) is 24.9 Å². The number of nitrogens with two attached hydrogens (primary N) is 1. The van der Waals surface area contributed by atoms with Gasteiger partial charge in [-0.3, -0.25) is 9.59 Å². The molecule has 0 spiro atoms. The highest BCUT2D eigenvalue weighted by Gasteiger charge is 2.31. The van der Waals surface area contributed by atoms with Gasteiger partial charge in [0.2, 0.25) is 5.91 Å². The topological polar surface area (TPSA) is 108 Å². The fourth-order valence-electron chi connectivity index (χ4n) is 3.45. The molecule has 2 heterocycles. The van der Waals surface area contributed by atoms with Crippen LogP contribution in [0.2, 0.25) is 0 Å². The molecule has 3 N–H and O–H groups in total. The summed E-state index contributed by atoms with van der Waals surface area (Å²) in [5.74, 6) is 0.689. The van der Waals surface area contributed by atoms with Crippen LogP contribution in [0.1, 0.15) is 23.5 Å². The summed E-state index contributed by atoms with van der Waals surface area (Å²) < 4.78 is 12.5. The van der Waals surface area contributed by atoms with E-state index in [0.717, 1.165) is 16.8 Å². The minimum Gasteiger partial charge on any atom is -0.493 e. The number of hydrogen-bond donors (Lipinski definition) is 2. The van der Waals surface area contributed by atoms with Crippen LogP contribution in [0.4, 0.5) is 5.82 Å². The number of ether oxygens (including phenoxy) is 2. The van der Waals surface area contributed by atoms with Gasteiger partial charge in [0, 0.05) is 17.9 Å². The Hall–Kier alpha value is -3.81. The van der Waals surface area contributed by atoms with Gasteiger partial charge >= 0.3 is 0 Å². The van der Waals surface area contributed by atoms with Crippen LogP contribution in [0.3, 0.4) is 0 Å². The number of nitrogens with zero attached hydrogens (tertiary/aromatic N) is 2. The number of aromatic nitrogens is 2. The first kappa shape index (κ1) is 18.5. The lowest BCUT2D eigenvalue weighted by atomic mass is 9.87. The molecule has 0 radical (unpaired) electrons. The van der Waals surface area contributed by atoms with Gasteiger partial charge in [0.05, 0.1) is 19.0 Å². The normalized spacial score (nSPS) is 15.3. The Kier molecular flexibility index (Phi) is 4.90. The molecule has 1 aromatic heterocycles. The van der Waals surface area contributed by atoms with Crippen molar-refractivity contribution in [1.29, 1.82) is 0 Å². The number of carbonyl (C=O) groups is 2. The molecule has 0 unspecified atom stereocenters. The minimum absolute atomic E-state index is 0.0896. The van der Waals surface area contributed by atoms with Crippen molar-refractivity contribution in [2.24, 2.45) is 5.73 Å². The molecule has 1 atom stereocenters.